The van der Waals surface area contributed by atoms with E-state index in [0.717, 1.165) is 35.2 Å². The maximum Gasteiger partial charge on any atom is 0.270 e. The van der Waals surface area contributed by atoms with Gasteiger partial charge < -0.3 is 4.90 Å². The van der Waals surface area contributed by atoms with Crippen LogP contribution in [0.4, 0.5) is 5.69 Å². The smallest absolute Gasteiger partial charge is 0.270 e. The Balaban J connectivity index is 1.74. The fourth-order valence-corrected chi connectivity index (χ4v) is 4.26. The van der Waals surface area contributed by atoms with Crippen LogP contribution in [0.25, 0.3) is 0 Å². The van der Waals surface area contributed by atoms with Gasteiger partial charge in [-0.3, -0.25) is 9.69 Å². The van der Waals surface area contributed by atoms with Crippen molar-refractivity contribution >= 4 is 22.9 Å². The highest BCUT2D eigenvalue weighted by Gasteiger charge is 2.34. The number of benzene rings is 1. The largest absolute Gasteiger partial charge is 0.306 e. The SMILES string of the molecule is Cc1ncc(C(=O)N2C[C@H]3CCCN3Cc3ccccc32)s1. The average Bonchev–Trinajstić information content (AvgIpc) is 3.11. The molecule has 3 heterocycles. The molecule has 0 saturated carbocycles. The Kier molecular flexibility index (Phi) is 3.47. The molecule has 0 unspecified atom stereocenters. The third kappa shape index (κ3) is 2.34. The summed E-state index contributed by atoms with van der Waals surface area (Å²) in [6.45, 7) is 4.82. The quantitative estimate of drug-likeness (QED) is 0.812. The molecule has 1 amide bonds. The number of carbonyl (C=O) groups excluding carboxylic acids is 1. The summed E-state index contributed by atoms with van der Waals surface area (Å²) in [7, 11) is 0. The van der Waals surface area contributed by atoms with Crippen molar-refractivity contribution in [2.45, 2.75) is 32.4 Å². The molecular weight excluding hydrogens is 294 g/mol. The molecule has 1 atom stereocenters. The van der Waals surface area contributed by atoms with Crippen LogP contribution in [0.2, 0.25) is 0 Å². The molecule has 2 aromatic rings. The molecule has 1 fully saturated rings. The number of anilines is 1. The van der Waals surface area contributed by atoms with Gasteiger partial charge in [0, 0.05) is 24.8 Å². The van der Waals surface area contributed by atoms with E-state index in [0.29, 0.717) is 6.04 Å². The lowest BCUT2D eigenvalue weighted by atomic mass is 10.1. The first-order chi connectivity index (χ1) is 10.7. The van der Waals surface area contributed by atoms with Gasteiger partial charge in [-0.25, -0.2) is 4.98 Å². The van der Waals surface area contributed by atoms with E-state index in [9.17, 15) is 4.79 Å². The minimum Gasteiger partial charge on any atom is -0.306 e. The Morgan fingerprint density at radius 1 is 1.36 bits per heavy atom. The minimum atomic E-state index is 0.0896. The predicted molar refractivity (Wildman–Crippen MR) is 88.4 cm³/mol. The van der Waals surface area contributed by atoms with Crippen molar-refractivity contribution in [1.29, 1.82) is 0 Å². The number of aryl methyl sites for hydroxylation is 1. The molecule has 1 saturated heterocycles. The number of hydrogen-bond acceptors (Lipinski definition) is 4. The maximum atomic E-state index is 13.0. The first-order valence-electron chi connectivity index (χ1n) is 7.78. The monoisotopic (exact) mass is 313 g/mol. The summed E-state index contributed by atoms with van der Waals surface area (Å²) in [6, 6.07) is 8.78. The number of amides is 1. The van der Waals surface area contributed by atoms with Crippen molar-refractivity contribution in [2.75, 3.05) is 18.0 Å². The number of rotatable bonds is 1. The molecule has 22 heavy (non-hydrogen) atoms. The van der Waals surface area contributed by atoms with Gasteiger partial charge in [-0.2, -0.15) is 0 Å². The molecule has 0 spiro atoms. The molecule has 114 valence electrons. The van der Waals surface area contributed by atoms with Crippen LogP contribution in [0.5, 0.6) is 0 Å². The lowest BCUT2D eigenvalue weighted by Crippen LogP contribution is -2.40. The van der Waals surface area contributed by atoms with E-state index < -0.39 is 0 Å². The Morgan fingerprint density at radius 2 is 2.23 bits per heavy atom. The zero-order chi connectivity index (χ0) is 15.1. The van der Waals surface area contributed by atoms with E-state index in [4.69, 9.17) is 0 Å². The Labute approximate surface area is 134 Å². The van der Waals surface area contributed by atoms with Crippen LogP contribution >= 0.6 is 11.3 Å². The predicted octanol–water partition coefficient (Wildman–Crippen LogP) is 3.08. The molecule has 4 rings (SSSR count). The summed E-state index contributed by atoms with van der Waals surface area (Å²) < 4.78 is 0. The fourth-order valence-electron chi connectivity index (χ4n) is 3.53. The molecule has 0 bridgehead atoms. The van der Waals surface area contributed by atoms with Gasteiger partial charge in [-0.1, -0.05) is 18.2 Å². The van der Waals surface area contributed by atoms with Gasteiger partial charge >= 0.3 is 0 Å². The summed E-state index contributed by atoms with van der Waals surface area (Å²) in [5.41, 5.74) is 2.31. The molecule has 2 aliphatic heterocycles. The lowest BCUT2D eigenvalue weighted by molar-refractivity contribution is 0.0984. The third-order valence-corrected chi connectivity index (χ3v) is 5.53. The van der Waals surface area contributed by atoms with E-state index >= 15 is 0 Å². The highest BCUT2D eigenvalue weighted by Crippen LogP contribution is 2.32. The number of nitrogens with zero attached hydrogens (tertiary/aromatic N) is 3. The van der Waals surface area contributed by atoms with E-state index in [-0.39, 0.29) is 5.91 Å². The van der Waals surface area contributed by atoms with Crippen LogP contribution in [0.3, 0.4) is 0 Å². The molecule has 5 heteroatoms. The Hall–Kier alpha value is -1.72. The molecule has 4 nitrogen and oxygen atoms in total. The highest BCUT2D eigenvalue weighted by molar-refractivity contribution is 7.13. The van der Waals surface area contributed by atoms with Crippen LogP contribution in [0, 0.1) is 6.92 Å². The Morgan fingerprint density at radius 3 is 3.05 bits per heavy atom. The van der Waals surface area contributed by atoms with Gasteiger partial charge in [0.05, 0.1) is 11.2 Å². The Bertz CT molecular complexity index is 711. The normalized spacial score (nSPS) is 21.3. The van der Waals surface area contributed by atoms with Crippen molar-refractivity contribution in [3.63, 3.8) is 0 Å². The van der Waals surface area contributed by atoms with Gasteiger partial charge in [0.15, 0.2) is 0 Å². The summed E-state index contributed by atoms with van der Waals surface area (Å²) in [5.74, 6) is 0.0896. The molecule has 1 aromatic heterocycles. The number of carbonyl (C=O) groups is 1. The van der Waals surface area contributed by atoms with Crippen LogP contribution in [0.15, 0.2) is 30.5 Å². The first-order valence-corrected chi connectivity index (χ1v) is 8.60. The van der Waals surface area contributed by atoms with Crippen molar-refractivity contribution < 1.29 is 4.79 Å². The minimum absolute atomic E-state index is 0.0896. The van der Waals surface area contributed by atoms with Crippen LogP contribution in [0.1, 0.15) is 33.1 Å². The molecule has 0 aliphatic carbocycles. The number of fused-ring (bicyclic) bond motifs is 2. The molecule has 0 N–H and O–H groups in total. The lowest BCUT2D eigenvalue weighted by Gasteiger charge is -2.26. The van der Waals surface area contributed by atoms with E-state index in [2.05, 4.69) is 28.1 Å². The van der Waals surface area contributed by atoms with Gasteiger partial charge in [0.25, 0.3) is 5.91 Å². The van der Waals surface area contributed by atoms with Crippen LogP contribution in [-0.4, -0.2) is 34.9 Å². The zero-order valence-electron chi connectivity index (χ0n) is 12.7. The third-order valence-electron chi connectivity index (χ3n) is 4.63. The summed E-state index contributed by atoms with van der Waals surface area (Å²) >= 11 is 1.48. The van der Waals surface area contributed by atoms with Crippen molar-refractivity contribution in [3.05, 3.63) is 45.9 Å². The second-order valence-electron chi connectivity index (χ2n) is 6.05. The second kappa shape index (κ2) is 5.48. The highest BCUT2D eigenvalue weighted by atomic mass is 32.1. The maximum absolute atomic E-state index is 13.0. The molecule has 0 radical (unpaired) electrons. The van der Waals surface area contributed by atoms with Crippen LogP contribution < -0.4 is 4.90 Å². The first kappa shape index (κ1) is 13.9. The van der Waals surface area contributed by atoms with Gasteiger partial charge in [-0.05, 0) is 37.9 Å². The van der Waals surface area contributed by atoms with Crippen molar-refractivity contribution in [1.82, 2.24) is 9.88 Å². The molecule has 2 aliphatic rings. The number of aromatic nitrogens is 1. The van der Waals surface area contributed by atoms with E-state index in [1.165, 1.54) is 29.7 Å². The number of para-hydroxylation sites is 1. The van der Waals surface area contributed by atoms with Crippen molar-refractivity contribution in [2.24, 2.45) is 0 Å². The van der Waals surface area contributed by atoms with Gasteiger partial charge in [0.1, 0.15) is 4.88 Å². The molecular formula is C17H19N3OS. The fraction of sp³-hybridized carbons (Fsp3) is 0.412. The van der Waals surface area contributed by atoms with E-state index in [1.807, 2.05) is 17.9 Å². The zero-order valence-corrected chi connectivity index (χ0v) is 13.5. The number of thiazole rings is 1. The summed E-state index contributed by atoms with van der Waals surface area (Å²) in [5, 5.41) is 0.939. The second-order valence-corrected chi connectivity index (χ2v) is 7.29. The standard InChI is InChI=1S/C17H19N3OS/c1-12-18-9-16(22-12)17(21)20-11-14-6-4-8-19(14)10-13-5-2-3-7-15(13)20/h2-3,5,7,9,14H,4,6,8,10-11H2,1H3/t14-/m1/s1. The molecule has 1 aromatic carbocycles. The summed E-state index contributed by atoms with van der Waals surface area (Å²) in [4.78, 5) is 22.5. The summed E-state index contributed by atoms with van der Waals surface area (Å²) in [6.07, 6.45) is 4.12. The topological polar surface area (TPSA) is 36.4 Å². The van der Waals surface area contributed by atoms with Crippen molar-refractivity contribution in [3.8, 4) is 0 Å². The number of hydrogen-bond donors (Lipinski definition) is 0. The van der Waals surface area contributed by atoms with Gasteiger partial charge in [0.2, 0.25) is 0 Å². The van der Waals surface area contributed by atoms with Gasteiger partial charge in [-0.15, -0.1) is 11.3 Å². The van der Waals surface area contributed by atoms with Crippen LogP contribution in [-0.2, 0) is 6.54 Å². The average molecular weight is 313 g/mol. The van der Waals surface area contributed by atoms with E-state index in [1.54, 1.807) is 6.20 Å².